The van der Waals surface area contributed by atoms with Crippen LogP contribution >= 0.6 is 0 Å². The monoisotopic (exact) mass is 305 g/mol. The molecular weight excluding hydrogens is 290 g/mol. The second-order valence-corrected chi connectivity index (χ2v) is 5.28. The van der Waals surface area contributed by atoms with E-state index >= 15 is 0 Å². The van der Waals surface area contributed by atoms with E-state index in [9.17, 15) is 0 Å². The fourth-order valence-electron chi connectivity index (χ4n) is 2.38. The molecule has 0 spiro atoms. The Kier molecular flexibility index (Phi) is 3.27. The maximum atomic E-state index is 5.67. The Morgan fingerprint density at radius 3 is 2.65 bits per heavy atom. The highest BCUT2D eigenvalue weighted by Crippen LogP contribution is 2.22. The molecule has 4 aromatic rings. The number of fused-ring (bicyclic) bond motifs is 1. The van der Waals surface area contributed by atoms with Gasteiger partial charge in [0, 0.05) is 0 Å². The molecule has 1 atom stereocenters. The minimum absolute atomic E-state index is 0.0690. The van der Waals surface area contributed by atoms with Gasteiger partial charge < -0.3 is 9.73 Å². The Bertz CT molecular complexity index is 895. The van der Waals surface area contributed by atoms with Crippen LogP contribution in [0.5, 0.6) is 0 Å². The standard InChI is InChI=1S/C17H15N5O/c1-12(18-17-19-14-9-5-6-10-16(14)23-17)15-11-22(21-20-15)13-7-3-2-4-8-13/h2-12H,1H3,(H,18,19). The van der Waals surface area contributed by atoms with Crippen LogP contribution in [0.3, 0.4) is 0 Å². The summed E-state index contributed by atoms with van der Waals surface area (Å²) in [6.45, 7) is 1.99. The lowest BCUT2D eigenvalue weighted by Crippen LogP contribution is -2.07. The number of aromatic nitrogens is 4. The van der Waals surface area contributed by atoms with Gasteiger partial charge in [0.25, 0.3) is 6.01 Å². The van der Waals surface area contributed by atoms with Gasteiger partial charge in [0.15, 0.2) is 5.58 Å². The van der Waals surface area contributed by atoms with E-state index in [0.717, 1.165) is 22.5 Å². The molecule has 0 saturated heterocycles. The lowest BCUT2D eigenvalue weighted by atomic mass is 10.2. The third-order valence-corrected chi connectivity index (χ3v) is 3.61. The van der Waals surface area contributed by atoms with Crippen molar-refractivity contribution in [3.05, 3.63) is 66.5 Å². The zero-order valence-corrected chi connectivity index (χ0v) is 12.5. The maximum absolute atomic E-state index is 5.67. The van der Waals surface area contributed by atoms with E-state index in [2.05, 4.69) is 20.6 Å². The molecule has 6 nitrogen and oxygen atoms in total. The minimum atomic E-state index is -0.0690. The van der Waals surface area contributed by atoms with Crippen molar-refractivity contribution in [2.75, 3.05) is 5.32 Å². The summed E-state index contributed by atoms with van der Waals surface area (Å²) in [5, 5.41) is 11.6. The van der Waals surface area contributed by atoms with Crippen LogP contribution in [-0.2, 0) is 0 Å². The van der Waals surface area contributed by atoms with Crippen molar-refractivity contribution < 1.29 is 4.42 Å². The van der Waals surface area contributed by atoms with Gasteiger partial charge >= 0.3 is 0 Å². The molecule has 0 fully saturated rings. The number of nitrogens with zero attached hydrogens (tertiary/aromatic N) is 4. The number of anilines is 1. The first-order valence-electron chi connectivity index (χ1n) is 7.39. The lowest BCUT2D eigenvalue weighted by molar-refractivity contribution is 0.601. The van der Waals surface area contributed by atoms with Crippen molar-refractivity contribution in [1.29, 1.82) is 0 Å². The molecule has 6 heteroatoms. The smallest absolute Gasteiger partial charge is 0.296 e. The van der Waals surface area contributed by atoms with E-state index in [0.29, 0.717) is 6.01 Å². The van der Waals surface area contributed by atoms with E-state index < -0.39 is 0 Å². The summed E-state index contributed by atoms with van der Waals surface area (Å²) >= 11 is 0. The lowest BCUT2D eigenvalue weighted by Gasteiger charge is -2.07. The van der Waals surface area contributed by atoms with Crippen LogP contribution in [0.1, 0.15) is 18.7 Å². The summed E-state index contributed by atoms with van der Waals surface area (Å²) in [6, 6.07) is 18.0. The molecule has 0 aliphatic carbocycles. The quantitative estimate of drug-likeness (QED) is 0.624. The predicted octanol–water partition coefficient (Wildman–Crippen LogP) is 3.58. The normalized spacial score (nSPS) is 12.4. The average molecular weight is 305 g/mol. The van der Waals surface area contributed by atoms with E-state index in [1.54, 1.807) is 4.68 Å². The van der Waals surface area contributed by atoms with Crippen molar-refractivity contribution >= 4 is 17.1 Å². The van der Waals surface area contributed by atoms with Gasteiger partial charge in [0.1, 0.15) is 11.2 Å². The second-order valence-electron chi connectivity index (χ2n) is 5.28. The van der Waals surface area contributed by atoms with E-state index in [-0.39, 0.29) is 6.04 Å². The summed E-state index contributed by atoms with van der Waals surface area (Å²) in [6.07, 6.45) is 1.90. The third kappa shape index (κ3) is 2.66. The van der Waals surface area contributed by atoms with Crippen LogP contribution in [0.25, 0.3) is 16.8 Å². The van der Waals surface area contributed by atoms with Gasteiger partial charge in [0.05, 0.1) is 17.9 Å². The molecule has 114 valence electrons. The minimum Gasteiger partial charge on any atom is -0.424 e. The number of hydrogen-bond donors (Lipinski definition) is 1. The van der Waals surface area contributed by atoms with E-state index in [1.807, 2.05) is 67.7 Å². The Hall–Kier alpha value is -3.15. The highest BCUT2D eigenvalue weighted by Gasteiger charge is 2.14. The van der Waals surface area contributed by atoms with Crippen LogP contribution in [0, 0.1) is 0 Å². The zero-order valence-electron chi connectivity index (χ0n) is 12.5. The fourth-order valence-corrected chi connectivity index (χ4v) is 2.38. The molecule has 0 amide bonds. The van der Waals surface area contributed by atoms with Crippen LogP contribution < -0.4 is 5.32 Å². The van der Waals surface area contributed by atoms with E-state index in [4.69, 9.17) is 4.42 Å². The summed E-state index contributed by atoms with van der Waals surface area (Å²) in [5.41, 5.74) is 3.38. The molecular formula is C17H15N5O. The molecule has 2 aromatic heterocycles. The molecule has 0 saturated carbocycles. The average Bonchev–Trinajstić information content (AvgIpc) is 3.22. The molecule has 2 aromatic carbocycles. The molecule has 0 bridgehead atoms. The maximum Gasteiger partial charge on any atom is 0.296 e. The first kappa shape index (κ1) is 13.5. The van der Waals surface area contributed by atoms with Crippen molar-refractivity contribution in [1.82, 2.24) is 20.0 Å². The van der Waals surface area contributed by atoms with Gasteiger partial charge in [-0.15, -0.1) is 5.10 Å². The van der Waals surface area contributed by atoms with Gasteiger partial charge in [-0.05, 0) is 31.2 Å². The van der Waals surface area contributed by atoms with Gasteiger partial charge in [-0.3, -0.25) is 0 Å². The van der Waals surface area contributed by atoms with Crippen LogP contribution in [0.4, 0.5) is 6.01 Å². The van der Waals surface area contributed by atoms with Gasteiger partial charge in [-0.25, -0.2) is 4.68 Å². The number of benzene rings is 2. The molecule has 0 aliphatic rings. The van der Waals surface area contributed by atoms with Crippen LogP contribution in [0.2, 0.25) is 0 Å². The molecule has 4 rings (SSSR count). The van der Waals surface area contributed by atoms with Crippen molar-refractivity contribution in [3.63, 3.8) is 0 Å². The topological polar surface area (TPSA) is 68.8 Å². The Morgan fingerprint density at radius 2 is 1.83 bits per heavy atom. The van der Waals surface area contributed by atoms with Crippen molar-refractivity contribution in [2.24, 2.45) is 0 Å². The molecule has 2 heterocycles. The Morgan fingerprint density at radius 1 is 1.04 bits per heavy atom. The number of oxazole rings is 1. The highest BCUT2D eigenvalue weighted by atomic mass is 16.4. The highest BCUT2D eigenvalue weighted by molar-refractivity contribution is 5.74. The second kappa shape index (κ2) is 5.57. The van der Waals surface area contributed by atoms with Crippen molar-refractivity contribution in [3.8, 4) is 5.69 Å². The largest absolute Gasteiger partial charge is 0.424 e. The van der Waals surface area contributed by atoms with E-state index in [1.165, 1.54) is 0 Å². The molecule has 23 heavy (non-hydrogen) atoms. The number of hydrogen-bond acceptors (Lipinski definition) is 5. The number of nitrogens with one attached hydrogen (secondary N) is 1. The van der Waals surface area contributed by atoms with Gasteiger partial charge in [-0.2, -0.15) is 4.98 Å². The Labute approximate surface area is 132 Å². The molecule has 0 aliphatic heterocycles. The summed E-state index contributed by atoms with van der Waals surface area (Å²) in [5.74, 6) is 0. The predicted molar refractivity (Wildman–Crippen MR) is 87.4 cm³/mol. The van der Waals surface area contributed by atoms with Gasteiger partial charge in [0.2, 0.25) is 0 Å². The SMILES string of the molecule is CC(Nc1nc2ccccc2o1)c1cn(-c2ccccc2)nn1. The Balaban J connectivity index is 1.55. The molecule has 1 N–H and O–H groups in total. The summed E-state index contributed by atoms with van der Waals surface area (Å²) < 4.78 is 7.42. The summed E-state index contributed by atoms with van der Waals surface area (Å²) in [7, 11) is 0. The first-order valence-corrected chi connectivity index (χ1v) is 7.39. The first-order chi connectivity index (χ1) is 11.3. The van der Waals surface area contributed by atoms with Crippen LogP contribution in [-0.4, -0.2) is 20.0 Å². The number of para-hydroxylation sites is 3. The van der Waals surface area contributed by atoms with Crippen molar-refractivity contribution in [2.45, 2.75) is 13.0 Å². The van der Waals surface area contributed by atoms with Crippen LogP contribution in [0.15, 0.2) is 65.2 Å². The third-order valence-electron chi connectivity index (χ3n) is 3.61. The van der Waals surface area contributed by atoms with Gasteiger partial charge in [-0.1, -0.05) is 35.5 Å². The zero-order chi connectivity index (χ0) is 15.6. The fraction of sp³-hybridized carbons (Fsp3) is 0.118. The molecule has 0 radical (unpaired) electrons. The molecule has 1 unspecified atom stereocenters. The summed E-state index contributed by atoms with van der Waals surface area (Å²) in [4.78, 5) is 4.41. The number of rotatable bonds is 4.